The number of carbonyl (C=O) groups excluding carboxylic acids is 1. The van der Waals surface area contributed by atoms with E-state index in [0.29, 0.717) is 22.1 Å². The zero-order valence-corrected chi connectivity index (χ0v) is 11.2. The molecule has 0 saturated heterocycles. The minimum atomic E-state index is -4.64. The average molecular weight is 290 g/mol. The Labute approximate surface area is 116 Å². The van der Waals surface area contributed by atoms with Crippen molar-refractivity contribution in [1.82, 2.24) is 0 Å². The van der Waals surface area contributed by atoms with Crippen molar-refractivity contribution >= 4 is 22.1 Å². The van der Waals surface area contributed by atoms with E-state index in [-0.39, 0.29) is 5.78 Å². The molecule has 0 amide bonds. The van der Waals surface area contributed by atoms with E-state index in [0.717, 1.165) is 6.08 Å². The van der Waals surface area contributed by atoms with Gasteiger partial charge < -0.3 is 0 Å². The van der Waals surface area contributed by atoms with Crippen LogP contribution in [0, 0.1) is 0 Å². The second-order valence-corrected chi connectivity index (χ2v) is 5.32. The summed E-state index contributed by atoms with van der Waals surface area (Å²) in [7, 11) is -4.64. The monoisotopic (exact) mass is 290 g/mol. The standard InChI is InChI=1S/C15H11FO3S/c16-20(18,19)11-10-12-6-8-14(9-7-12)15(17)13-4-2-1-3-5-13/h1-11H/b11-10+. The number of hydrogen-bond donors (Lipinski definition) is 0. The summed E-state index contributed by atoms with van der Waals surface area (Å²) in [6.45, 7) is 0. The third kappa shape index (κ3) is 3.86. The Morgan fingerprint density at radius 3 is 2.00 bits per heavy atom. The Bertz CT molecular complexity index is 732. The Morgan fingerprint density at radius 2 is 1.45 bits per heavy atom. The third-order valence-corrected chi connectivity index (χ3v) is 3.09. The first-order valence-corrected chi connectivity index (χ1v) is 7.23. The van der Waals surface area contributed by atoms with Gasteiger partial charge in [0.2, 0.25) is 0 Å². The van der Waals surface area contributed by atoms with Crippen LogP contribution in [0.4, 0.5) is 3.89 Å². The highest BCUT2D eigenvalue weighted by Gasteiger charge is 2.07. The average Bonchev–Trinajstić information content (AvgIpc) is 2.45. The summed E-state index contributed by atoms with van der Waals surface area (Å²) in [6, 6.07) is 15.0. The summed E-state index contributed by atoms with van der Waals surface area (Å²) in [6.07, 6.45) is 1.13. The molecule has 0 aliphatic rings. The van der Waals surface area contributed by atoms with Crippen LogP contribution < -0.4 is 0 Å². The van der Waals surface area contributed by atoms with Gasteiger partial charge in [-0.25, -0.2) is 0 Å². The van der Waals surface area contributed by atoms with Gasteiger partial charge >= 0.3 is 10.2 Å². The predicted octanol–water partition coefficient (Wildman–Crippen LogP) is 3.19. The van der Waals surface area contributed by atoms with Gasteiger partial charge in [-0.1, -0.05) is 54.6 Å². The summed E-state index contributed by atoms with van der Waals surface area (Å²) < 4.78 is 33.0. The molecule has 2 aromatic rings. The van der Waals surface area contributed by atoms with E-state index in [9.17, 15) is 17.1 Å². The van der Waals surface area contributed by atoms with Crippen LogP contribution in [0.2, 0.25) is 0 Å². The normalized spacial score (nSPS) is 11.7. The maximum atomic E-state index is 12.3. The predicted molar refractivity (Wildman–Crippen MR) is 75.4 cm³/mol. The van der Waals surface area contributed by atoms with Crippen LogP contribution in [-0.2, 0) is 10.2 Å². The van der Waals surface area contributed by atoms with Crippen molar-refractivity contribution in [2.45, 2.75) is 0 Å². The fourth-order valence-corrected chi connectivity index (χ4v) is 1.98. The molecule has 0 aliphatic carbocycles. The molecule has 0 N–H and O–H groups in total. The molecule has 0 aliphatic heterocycles. The summed E-state index contributed by atoms with van der Waals surface area (Å²) in [5.74, 6) is -0.126. The molecule has 0 heterocycles. The Balaban J connectivity index is 2.21. The van der Waals surface area contributed by atoms with E-state index in [1.807, 2.05) is 6.07 Å². The lowest BCUT2D eigenvalue weighted by molar-refractivity contribution is 0.103. The van der Waals surface area contributed by atoms with Crippen LogP contribution in [0.25, 0.3) is 6.08 Å². The van der Waals surface area contributed by atoms with Crippen LogP contribution in [0.15, 0.2) is 60.0 Å². The minimum Gasteiger partial charge on any atom is -0.289 e. The molecule has 3 nitrogen and oxygen atoms in total. The summed E-state index contributed by atoms with van der Waals surface area (Å²) in [5, 5.41) is 0.473. The number of ketones is 1. The van der Waals surface area contributed by atoms with Crippen molar-refractivity contribution in [3.8, 4) is 0 Å². The van der Waals surface area contributed by atoms with Gasteiger partial charge in [0.1, 0.15) is 0 Å². The molecular formula is C15H11FO3S. The van der Waals surface area contributed by atoms with Crippen molar-refractivity contribution in [3.05, 3.63) is 76.7 Å². The van der Waals surface area contributed by atoms with Gasteiger partial charge in [0.05, 0.1) is 5.41 Å². The molecule has 2 aromatic carbocycles. The van der Waals surface area contributed by atoms with Crippen LogP contribution in [0.5, 0.6) is 0 Å². The quantitative estimate of drug-likeness (QED) is 0.642. The highest BCUT2D eigenvalue weighted by molar-refractivity contribution is 7.89. The number of carbonyl (C=O) groups is 1. The smallest absolute Gasteiger partial charge is 0.289 e. The van der Waals surface area contributed by atoms with E-state index < -0.39 is 10.2 Å². The van der Waals surface area contributed by atoms with E-state index in [1.54, 1.807) is 48.5 Å². The molecule has 0 atom stereocenters. The van der Waals surface area contributed by atoms with E-state index >= 15 is 0 Å². The molecule has 0 spiro atoms. The van der Waals surface area contributed by atoms with Crippen molar-refractivity contribution < 1.29 is 17.1 Å². The molecule has 0 bridgehead atoms. The fraction of sp³-hybridized carbons (Fsp3) is 0. The number of benzene rings is 2. The highest BCUT2D eigenvalue weighted by Crippen LogP contribution is 2.12. The number of halogens is 1. The maximum Gasteiger partial charge on any atom is 0.325 e. The first-order chi connectivity index (χ1) is 9.46. The summed E-state index contributed by atoms with van der Waals surface area (Å²) >= 11 is 0. The van der Waals surface area contributed by atoms with Gasteiger partial charge in [-0.15, -0.1) is 3.89 Å². The lowest BCUT2D eigenvalue weighted by Gasteiger charge is -2.01. The lowest BCUT2D eigenvalue weighted by Crippen LogP contribution is -2.00. The van der Waals surface area contributed by atoms with Crippen LogP contribution in [-0.4, -0.2) is 14.2 Å². The molecule has 0 unspecified atom stereocenters. The van der Waals surface area contributed by atoms with Crippen LogP contribution in [0.1, 0.15) is 21.5 Å². The molecule has 0 fully saturated rings. The molecular weight excluding hydrogens is 279 g/mol. The Kier molecular flexibility index (Phi) is 4.10. The Hall–Kier alpha value is -2.27. The van der Waals surface area contributed by atoms with Crippen molar-refractivity contribution in [1.29, 1.82) is 0 Å². The second kappa shape index (κ2) is 5.79. The minimum absolute atomic E-state index is 0.126. The van der Waals surface area contributed by atoms with E-state index in [2.05, 4.69) is 0 Å². The zero-order chi connectivity index (χ0) is 14.6. The molecule has 0 radical (unpaired) electrons. The van der Waals surface area contributed by atoms with E-state index in [1.165, 1.54) is 0 Å². The van der Waals surface area contributed by atoms with Gasteiger partial charge in [-0.05, 0) is 11.6 Å². The molecule has 20 heavy (non-hydrogen) atoms. The van der Waals surface area contributed by atoms with Gasteiger partial charge in [0.25, 0.3) is 0 Å². The number of hydrogen-bond acceptors (Lipinski definition) is 3. The molecule has 0 saturated carbocycles. The first kappa shape index (κ1) is 14.1. The molecule has 5 heteroatoms. The zero-order valence-electron chi connectivity index (χ0n) is 10.4. The third-order valence-electron chi connectivity index (χ3n) is 2.63. The van der Waals surface area contributed by atoms with Crippen molar-refractivity contribution in [2.75, 3.05) is 0 Å². The molecule has 0 aromatic heterocycles. The van der Waals surface area contributed by atoms with Crippen molar-refractivity contribution in [2.24, 2.45) is 0 Å². The van der Waals surface area contributed by atoms with Crippen LogP contribution >= 0.6 is 0 Å². The van der Waals surface area contributed by atoms with Gasteiger partial charge in [0.15, 0.2) is 5.78 Å². The summed E-state index contributed by atoms with van der Waals surface area (Å²) in [5.41, 5.74) is 1.55. The Morgan fingerprint density at radius 1 is 0.900 bits per heavy atom. The van der Waals surface area contributed by atoms with E-state index in [4.69, 9.17) is 0 Å². The summed E-state index contributed by atoms with van der Waals surface area (Å²) in [4.78, 5) is 12.1. The second-order valence-electron chi connectivity index (χ2n) is 4.10. The largest absolute Gasteiger partial charge is 0.325 e. The highest BCUT2D eigenvalue weighted by atomic mass is 32.3. The lowest BCUT2D eigenvalue weighted by atomic mass is 10.0. The van der Waals surface area contributed by atoms with Gasteiger partial charge in [-0.2, -0.15) is 8.42 Å². The first-order valence-electron chi connectivity index (χ1n) is 5.78. The van der Waals surface area contributed by atoms with Gasteiger partial charge in [-0.3, -0.25) is 4.79 Å². The topological polar surface area (TPSA) is 51.2 Å². The molecule has 2 rings (SSSR count). The molecule has 102 valence electrons. The maximum absolute atomic E-state index is 12.3. The number of rotatable bonds is 4. The van der Waals surface area contributed by atoms with Gasteiger partial charge in [0, 0.05) is 11.1 Å². The SMILES string of the molecule is O=C(c1ccccc1)c1ccc(/C=C/S(=O)(=O)F)cc1. The van der Waals surface area contributed by atoms with Crippen LogP contribution in [0.3, 0.4) is 0 Å². The van der Waals surface area contributed by atoms with Crippen molar-refractivity contribution in [3.63, 3.8) is 0 Å². The fourth-order valence-electron chi connectivity index (χ4n) is 1.66.